The lowest BCUT2D eigenvalue weighted by Crippen LogP contribution is -2.36. The number of anilines is 1. The van der Waals surface area contributed by atoms with Crippen molar-refractivity contribution in [2.75, 3.05) is 11.9 Å². The maximum Gasteiger partial charge on any atom is 0.254 e. The van der Waals surface area contributed by atoms with E-state index in [4.69, 9.17) is 0 Å². The first-order chi connectivity index (χ1) is 12.7. The maximum absolute atomic E-state index is 12.9. The van der Waals surface area contributed by atoms with Crippen LogP contribution in [-0.4, -0.2) is 29.3 Å². The van der Waals surface area contributed by atoms with Gasteiger partial charge in [0.25, 0.3) is 5.91 Å². The van der Waals surface area contributed by atoms with E-state index < -0.39 is 0 Å². The minimum atomic E-state index is 0.0866. The second-order valence-electron chi connectivity index (χ2n) is 7.33. The molecule has 1 unspecified atom stereocenters. The summed E-state index contributed by atoms with van der Waals surface area (Å²) in [6, 6.07) is 17.9. The molecule has 1 saturated carbocycles. The molecule has 4 rings (SSSR count). The van der Waals surface area contributed by atoms with Crippen LogP contribution in [0.4, 0.5) is 5.69 Å². The van der Waals surface area contributed by atoms with Gasteiger partial charge in [-0.05, 0) is 61.9 Å². The summed E-state index contributed by atoms with van der Waals surface area (Å²) in [7, 11) is 0. The number of rotatable bonds is 5. The van der Waals surface area contributed by atoms with Gasteiger partial charge in [-0.2, -0.15) is 0 Å². The highest BCUT2D eigenvalue weighted by atomic mass is 16.2. The van der Waals surface area contributed by atoms with Crippen molar-refractivity contribution >= 4 is 17.5 Å². The molecule has 0 spiro atoms. The fraction of sp³-hybridized carbons (Fsp3) is 0.364. The van der Waals surface area contributed by atoms with E-state index in [0.717, 1.165) is 44.3 Å². The van der Waals surface area contributed by atoms with Crippen LogP contribution in [0.5, 0.6) is 0 Å². The van der Waals surface area contributed by atoms with Crippen molar-refractivity contribution in [2.45, 2.75) is 38.1 Å². The smallest absolute Gasteiger partial charge is 0.254 e. The summed E-state index contributed by atoms with van der Waals surface area (Å²) in [5.41, 5.74) is 2.73. The Morgan fingerprint density at radius 1 is 0.962 bits per heavy atom. The Kier molecular flexibility index (Phi) is 4.74. The van der Waals surface area contributed by atoms with Gasteiger partial charge < -0.3 is 10.2 Å². The summed E-state index contributed by atoms with van der Waals surface area (Å²) in [6.45, 7) is 0.816. The van der Waals surface area contributed by atoms with Crippen molar-refractivity contribution in [3.05, 3.63) is 65.7 Å². The molecule has 4 nitrogen and oxygen atoms in total. The molecule has 1 saturated heterocycles. The molecule has 2 amide bonds. The van der Waals surface area contributed by atoms with E-state index in [1.165, 1.54) is 5.56 Å². The lowest BCUT2D eigenvalue weighted by molar-refractivity contribution is -0.117. The van der Waals surface area contributed by atoms with Gasteiger partial charge in [-0.3, -0.25) is 9.59 Å². The predicted molar refractivity (Wildman–Crippen MR) is 102 cm³/mol. The molecule has 2 fully saturated rings. The van der Waals surface area contributed by atoms with E-state index in [2.05, 4.69) is 17.4 Å². The van der Waals surface area contributed by atoms with Gasteiger partial charge in [0.2, 0.25) is 5.91 Å². The van der Waals surface area contributed by atoms with Crippen LogP contribution in [0.1, 0.15) is 41.6 Å². The van der Waals surface area contributed by atoms with Crippen LogP contribution in [0.15, 0.2) is 54.6 Å². The number of amides is 2. The molecule has 1 atom stereocenters. The lowest BCUT2D eigenvalue weighted by Gasteiger charge is -2.25. The predicted octanol–water partition coefficient (Wildman–Crippen LogP) is 3.88. The van der Waals surface area contributed by atoms with Gasteiger partial charge in [0.15, 0.2) is 0 Å². The lowest BCUT2D eigenvalue weighted by atomic mass is 10.0. The van der Waals surface area contributed by atoms with E-state index in [0.29, 0.717) is 5.56 Å². The molecule has 134 valence electrons. The third kappa shape index (κ3) is 3.79. The number of benzene rings is 2. The van der Waals surface area contributed by atoms with E-state index in [-0.39, 0.29) is 23.8 Å². The highest BCUT2D eigenvalue weighted by Gasteiger charge is 2.30. The average Bonchev–Trinajstić information content (AvgIpc) is 3.43. The molecule has 26 heavy (non-hydrogen) atoms. The second-order valence-corrected chi connectivity index (χ2v) is 7.33. The average molecular weight is 348 g/mol. The van der Waals surface area contributed by atoms with Gasteiger partial charge in [0.05, 0.1) is 0 Å². The summed E-state index contributed by atoms with van der Waals surface area (Å²) in [5.74, 6) is 0.356. The fourth-order valence-electron chi connectivity index (χ4n) is 3.65. The minimum Gasteiger partial charge on any atom is -0.335 e. The van der Waals surface area contributed by atoms with Crippen molar-refractivity contribution in [3.63, 3.8) is 0 Å². The first kappa shape index (κ1) is 16.8. The van der Waals surface area contributed by atoms with Crippen molar-refractivity contribution in [1.82, 2.24) is 4.90 Å². The highest BCUT2D eigenvalue weighted by molar-refractivity contribution is 5.97. The first-order valence-electron chi connectivity index (χ1n) is 9.46. The normalized spacial score (nSPS) is 19.4. The van der Waals surface area contributed by atoms with Crippen LogP contribution >= 0.6 is 0 Å². The van der Waals surface area contributed by atoms with Crippen molar-refractivity contribution in [2.24, 2.45) is 5.92 Å². The van der Waals surface area contributed by atoms with Gasteiger partial charge in [0, 0.05) is 29.8 Å². The van der Waals surface area contributed by atoms with Crippen LogP contribution in [0.3, 0.4) is 0 Å². The quantitative estimate of drug-likeness (QED) is 0.891. The third-order valence-corrected chi connectivity index (χ3v) is 5.30. The standard InChI is InChI=1S/C22H24N2O2/c25-21(17-8-9-17)23-19-12-10-18(11-13-19)22(26)24-14-4-7-20(24)15-16-5-2-1-3-6-16/h1-3,5-6,10-13,17,20H,4,7-9,14-15H2,(H,23,25). The summed E-state index contributed by atoms with van der Waals surface area (Å²) in [6.07, 6.45) is 4.98. The molecular weight excluding hydrogens is 324 g/mol. The Morgan fingerprint density at radius 2 is 1.69 bits per heavy atom. The summed E-state index contributed by atoms with van der Waals surface area (Å²) in [4.78, 5) is 26.8. The number of likely N-dealkylation sites (tertiary alicyclic amines) is 1. The summed E-state index contributed by atoms with van der Waals surface area (Å²) in [5, 5.41) is 2.92. The molecule has 2 aromatic rings. The van der Waals surface area contributed by atoms with Gasteiger partial charge in [-0.25, -0.2) is 0 Å². The maximum atomic E-state index is 12.9. The molecule has 1 N–H and O–H groups in total. The Morgan fingerprint density at radius 3 is 2.38 bits per heavy atom. The van der Waals surface area contributed by atoms with Crippen LogP contribution in [0.25, 0.3) is 0 Å². The van der Waals surface area contributed by atoms with Crippen LogP contribution in [-0.2, 0) is 11.2 Å². The molecule has 0 radical (unpaired) electrons. The molecule has 1 aliphatic carbocycles. The second kappa shape index (κ2) is 7.32. The molecule has 1 aliphatic heterocycles. The van der Waals surface area contributed by atoms with Gasteiger partial charge in [-0.15, -0.1) is 0 Å². The van der Waals surface area contributed by atoms with Gasteiger partial charge >= 0.3 is 0 Å². The van der Waals surface area contributed by atoms with Crippen molar-refractivity contribution in [3.8, 4) is 0 Å². The molecule has 0 aromatic heterocycles. The van der Waals surface area contributed by atoms with Crippen LogP contribution in [0.2, 0.25) is 0 Å². The Bertz CT molecular complexity index is 782. The fourth-order valence-corrected chi connectivity index (χ4v) is 3.65. The number of hydrogen-bond donors (Lipinski definition) is 1. The number of carbonyl (C=O) groups excluding carboxylic acids is 2. The van der Waals surface area contributed by atoms with Crippen LogP contribution < -0.4 is 5.32 Å². The van der Waals surface area contributed by atoms with Gasteiger partial charge in [-0.1, -0.05) is 30.3 Å². The van der Waals surface area contributed by atoms with Crippen LogP contribution in [0, 0.1) is 5.92 Å². The Balaban J connectivity index is 1.41. The Labute approximate surface area is 154 Å². The van der Waals surface area contributed by atoms with Crippen molar-refractivity contribution in [1.29, 1.82) is 0 Å². The number of nitrogens with one attached hydrogen (secondary N) is 1. The number of carbonyl (C=O) groups is 2. The zero-order chi connectivity index (χ0) is 17.9. The van der Waals surface area contributed by atoms with E-state index in [1.54, 1.807) is 0 Å². The monoisotopic (exact) mass is 348 g/mol. The highest BCUT2D eigenvalue weighted by Crippen LogP contribution is 2.30. The molecule has 2 aliphatic rings. The van der Waals surface area contributed by atoms with Crippen molar-refractivity contribution < 1.29 is 9.59 Å². The zero-order valence-electron chi connectivity index (χ0n) is 14.9. The molecule has 4 heteroatoms. The summed E-state index contributed by atoms with van der Waals surface area (Å²) < 4.78 is 0. The van der Waals surface area contributed by atoms with E-state index in [9.17, 15) is 9.59 Å². The molecule has 2 aromatic carbocycles. The Hall–Kier alpha value is -2.62. The largest absolute Gasteiger partial charge is 0.335 e. The molecular formula is C22H24N2O2. The molecule has 0 bridgehead atoms. The number of hydrogen-bond acceptors (Lipinski definition) is 2. The topological polar surface area (TPSA) is 49.4 Å². The van der Waals surface area contributed by atoms with Gasteiger partial charge in [0.1, 0.15) is 0 Å². The summed E-state index contributed by atoms with van der Waals surface area (Å²) >= 11 is 0. The van der Waals surface area contributed by atoms with E-state index in [1.807, 2.05) is 47.4 Å². The number of nitrogens with zero attached hydrogens (tertiary/aromatic N) is 1. The minimum absolute atomic E-state index is 0.0866. The van der Waals surface area contributed by atoms with E-state index >= 15 is 0 Å². The SMILES string of the molecule is O=C(Nc1ccc(C(=O)N2CCCC2Cc2ccccc2)cc1)C1CC1. The zero-order valence-corrected chi connectivity index (χ0v) is 14.9. The molecule has 1 heterocycles. The third-order valence-electron chi connectivity index (χ3n) is 5.30. The first-order valence-corrected chi connectivity index (χ1v) is 9.46.